The first-order valence-corrected chi connectivity index (χ1v) is 7.13. The molecule has 0 aliphatic rings. The Morgan fingerprint density at radius 3 is 2.35 bits per heavy atom. The normalized spacial score (nSPS) is 10.6. The lowest BCUT2D eigenvalue weighted by atomic mass is 10.0. The van der Waals surface area contributed by atoms with Gasteiger partial charge in [-0.25, -0.2) is 0 Å². The van der Waals surface area contributed by atoms with Crippen LogP contribution in [0.25, 0.3) is 0 Å². The van der Waals surface area contributed by atoms with Crippen LogP contribution in [0.2, 0.25) is 5.02 Å². The molecule has 2 aromatic rings. The molecular formula is C16H16ClNOS. The molecule has 2 rings (SSSR count). The monoisotopic (exact) mass is 305 g/mol. The van der Waals surface area contributed by atoms with E-state index >= 15 is 0 Å². The van der Waals surface area contributed by atoms with E-state index in [1.807, 2.05) is 24.3 Å². The molecule has 0 atom stereocenters. The van der Waals surface area contributed by atoms with Crippen molar-refractivity contribution in [3.05, 3.63) is 58.6 Å². The van der Waals surface area contributed by atoms with E-state index in [4.69, 9.17) is 34.3 Å². The number of thiocarbonyl (C=S) groups is 1. The maximum Gasteiger partial charge on any atom is 0.139 e. The quantitative estimate of drug-likeness (QED) is 0.817. The molecule has 0 amide bonds. The highest BCUT2D eigenvalue weighted by Crippen LogP contribution is 2.29. The molecule has 0 saturated heterocycles. The summed E-state index contributed by atoms with van der Waals surface area (Å²) in [7, 11) is 0. The Morgan fingerprint density at radius 2 is 1.80 bits per heavy atom. The zero-order valence-corrected chi connectivity index (χ0v) is 13.0. The van der Waals surface area contributed by atoms with Gasteiger partial charge in [-0.1, -0.05) is 49.8 Å². The third-order valence-electron chi connectivity index (χ3n) is 2.98. The minimum absolute atomic E-state index is 0.287. The average molecular weight is 306 g/mol. The van der Waals surface area contributed by atoms with Gasteiger partial charge in [0.15, 0.2) is 0 Å². The first-order valence-electron chi connectivity index (χ1n) is 6.34. The molecule has 104 valence electrons. The standard InChI is InChI=1S/C16H16ClNOS/c1-10(2)11-3-6-13(7-4-11)19-15-9-12(17)5-8-14(15)16(18)20/h3-10H,1-2H3,(H2,18,20). The van der Waals surface area contributed by atoms with Crippen LogP contribution in [0.15, 0.2) is 42.5 Å². The van der Waals surface area contributed by atoms with Gasteiger partial charge in [0.2, 0.25) is 0 Å². The second-order valence-corrected chi connectivity index (χ2v) is 5.71. The average Bonchev–Trinajstić information content (AvgIpc) is 2.39. The number of hydrogen-bond acceptors (Lipinski definition) is 2. The van der Waals surface area contributed by atoms with Gasteiger partial charge in [0, 0.05) is 11.1 Å². The fourth-order valence-electron chi connectivity index (χ4n) is 1.83. The lowest BCUT2D eigenvalue weighted by Crippen LogP contribution is -2.10. The van der Waals surface area contributed by atoms with Crippen molar-refractivity contribution in [2.75, 3.05) is 0 Å². The van der Waals surface area contributed by atoms with Crippen LogP contribution in [0.5, 0.6) is 11.5 Å². The lowest BCUT2D eigenvalue weighted by Gasteiger charge is -2.12. The highest BCUT2D eigenvalue weighted by Gasteiger charge is 2.09. The minimum Gasteiger partial charge on any atom is -0.457 e. The molecule has 0 radical (unpaired) electrons. The Hall–Kier alpha value is -1.58. The van der Waals surface area contributed by atoms with Crippen molar-refractivity contribution < 1.29 is 4.74 Å². The van der Waals surface area contributed by atoms with Gasteiger partial charge in [0.1, 0.15) is 16.5 Å². The molecule has 4 heteroatoms. The largest absolute Gasteiger partial charge is 0.457 e. The third kappa shape index (κ3) is 3.50. The summed E-state index contributed by atoms with van der Waals surface area (Å²) in [5, 5.41) is 0.582. The summed E-state index contributed by atoms with van der Waals surface area (Å²) in [4.78, 5) is 0.287. The van der Waals surface area contributed by atoms with Gasteiger partial charge >= 0.3 is 0 Å². The van der Waals surface area contributed by atoms with E-state index in [1.54, 1.807) is 18.2 Å². The highest BCUT2D eigenvalue weighted by atomic mass is 35.5. The Bertz CT molecular complexity index is 623. The number of halogens is 1. The summed E-state index contributed by atoms with van der Waals surface area (Å²) < 4.78 is 5.83. The summed E-state index contributed by atoms with van der Waals surface area (Å²) in [5.41, 5.74) is 7.63. The van der Waals surface area contributed by atoms with Crippen LogP contribution >= 0.6 is 23.8 Å². The predicted octanol–water partition coefficient (Wildman–Crippen LogP) is 4.89. The van der Waals surface area contributed by atoms with Crippen LogP contribution in [0.1, 0.15) is 30.9 Å². The van der Waals surface area contributed by atoms with Crippen molar-refractivity contribution in [1.29, 1.82) is 0 Å². The molecular weight excluding hydrogens is 290 g/mol. The second-order valence-electron chi connectivity index (χ2n) is 4.83. The molecule has 0 bridgehead atoms. The van der Waals surface area contributed by atoms with Crippen molar-refractivity contribution in [2.24, 2.45) is 5.73 Å². The number of hydrogen-bond donors (Lipinski definition) is 1. The number of nitrogens with two attached hydrogens (primary N) is 1. The molecule has 0 unspecified atom stereocenters. The van der Waals surface area contributed by atoms with Crippen molar-refractivity contribution in [3.63, 3.8) is 0 Å². The molecule has 0 aliphatic carbocycles. The topological polar surface area (TPSA) is 35.2 Å². The van der Waals surface area contributed by atoms with E-state index in [0.717, 1.165) is 5.75 Å². The van der Waals surface area contributed by atoms with E-state index in [0.29, 0.717) is 22.3 Å². The SMILES string of the molecule is CC(C)c1ccc(Oc2cc(Cl)ccc2C(N)=S)cc1. The van der Waals surface area contributed by atoms with Crippen LogP contribution in [0.3, 0.4) is 0 Å². The fourth-order valence-corrected chi connectivity index (χ4v) is 2.16. The first-order chi connectivity index (χ1) is 9.47. The van der Waals surface area contributed by atoms with Gasteiger partial charge < -0.3 is 10.5 Å². The Morgan fingerprint density at radius 1 is 1.15 bits per heavy atom. The Labute approximate surface area is 129 Å². The summed E-state index contributed by atoms with van der Waals surface area (Å²) in [6.45, 7) is 4.30. The zero-order chi connectivity index (χ0) is 14.7. The van der Waals surface area contributed by atoms with Gasteiger partial charge in [-0.2, -0.15) is 0 Å². The molecule has 0 aromatic heterocycles. The van der Waals surface area contributed by atoms with E-state index in [1.165, 1.54) is 5.56 Å². The van der Waals surface area contributed by atoms with Gasteiger partial charge in [-0.15, -0.1) is 0 Å². The molecule has 2 nitrogen and oxygen atoms in total. The maximum atomic E-state index is 5.99. The summed E-state index contributed by atoms with van der Waals surface area (Å²) >= 11 is 11.0. The van der Waals surface area contributed by atoms with E-state index < -0.39 is 0 Å². The fraction of sp³-hybridized carbons (Fsp3) is 0.188. The molecule has 2 aromatic carbocycles. The molecule has 0 fully saturated rings. The Kier molecular flexibility index (Phi) is 4.63. The molecule has 0 heterocycles. The van der Waals surface area contributed by atoms with Crippen LogP contribution in [-0.4, -0.2) is 4.99 Å². The summed E-state index contributed by atoms with van der Waals surface area (Å²) in [6.07, 6.45) is 0. The highest BCUT2D eigenvalue weighted by molar-refractivity contribution is 7.80. The lowest BCUT2D eigenvalue weighted by molar-refractivity contribution is 0.481. The van der Waals surface area contributed by atoms with Crippen LogP contribution < -0.4 is 10.5 Å². The third-order valence-corrected chi connectivity index (χ3v) is 3.44. The van der Waals surface area contributed by atoms with E-state index in [-0.39, 0.29) is 4.99 Å². The summed E-state index contributed by atoms with van der Waals surface area (Å²) in [5.74, 6) is 1.79. The second kappa shape index (κ2) is 6.25. The number of ether oxygens (including phenoxy) is 1. The smallest absolute Gasteiger partial charge is 0.139 e. The summed E-state index contributed by atoms with van der Waals surface area (Å²) in [6, 6.07) is 13.2. The molecule has 0 aliphatic heterocycles. The van der Waals surface area contributed by atoms with Crippen LogP contribution in [0, 0.1) is 0 Å². The van der Waals surface area contributed by atoms with Gasteiger partial charge in [0.05, 0.1) is 5.56 Å². The van der Waals surface area contributed by atoms with Crippen LogP contribution in [-0.2, 0) is 0 Å². The molecule has 0 saturated carbocycles. The van der Waals surface area contributed by atoms with Gasteiger partial charge in [-0.3, -0.25) is 0 Å². The van der Waals surface area contributed by atoms with Crippen molar-refractivity contribution in [2.45, 2.75) is 19.8 Å². The first kappa shape index (κ1) is 14.8. The molecule has 2 N–H and O–H groups in total. The minimum atomic E-state index is 0.287. The van der Waals surface area contributed by atoms with Crippen molar-refractivity contribution >= 4 is 28.8 Å². The van der Waals surface area contributed by atoms with Gasteiger partial charge in [-0.05, 0) is 35.7 Å². The number of rotatable bonds is 4. The predicted molar refractivity (Wildman–Crippen MR) is 87.9 cm³/mol. The number of benzene rings is 2. The van der Waals surface area contributed by atoms with Crippen LogP contribution in [0.4, 0.5) is 0 Å². The Balaban J connectivity index is 2.29. The molecule has 20 heavy (non-hydrogen) atoms. The van der Waals surface area contributed by atoms with E-state index in [9.17, 15) is 0 Å². The zero-order valence-electron chi connectivity index (χ0n) is 11.4. The van der Waals surface area contributed by atoms with E-state index in [2.05, 4.69) is 13.8 Å². The van der Waals surface area contributed by atoms with Crippen molar-refractivity contribution in [1.82, 2.24) is 0 Å². The molecule has 0 spiro atoms. The van der Waals surface area contributed by atoms with Gasteiger partial charge in [0.25, 0.3) is 0 Å². The van der Waals surface area contributed by atoms with Crippen molar-refractivity contribution in [3.8, 4) is 11.5 Å². The maximum absolute atomic E-state index is 5.99.